The second kappa shape index (κ2) is 17.5. The van der Waals surface area contributed by atoms with Gasteiger partial charge in [0.2, 0.25) is 0 Å². The third-order valence-electron chi connectivity index (χ3n) is 13.9. The van der Waals surface area contributed by atoms with Crippen LogP contribution in [0.2, 0.25) is 0 Å². The number of hydrogen-bond donors (Lipinski definition) is 3. The Morgan fingerprint density at radius 1 is 0.306 bits per heavy atom. The molecule has 0 aromatic rings. The van der Waals surface area contributed by atoms with Crippen molar-refractivity contribution in [2.24, 2.45) is 0 Å². The van der Waals surface area contributed by atoms with Crippen LogP contribution >= 0.6 is 30.4 Å². The second-order valence-corrected chi connectivity index (χ2v) is 31.3. The van der Waals surface area contributed by atoms with Crippen molar-refractivity contribution in [3.63, 3.8) is 0 Å². The molecule has 0 spiro atoms. The zero-order chi connectivity index (χ0) is 44.8. The zero-order valence-electron chi connectivity index (χ0n) is 38.6. The Kier molecular flexibility index (Phi) is 14.4. The summed E-state index contributed by atoms with van der Waals surface area (Å²) in [5.41, 5.74) is 0. The SMILES string of the molecule is CC1CN1P(=O)(N1CC1C)N1CC1C.CC1CN1P(=O)(N1CC1C)N1CC1C.CC1CN1P(=O)(N1CC1C)N1CC1C.CC1CN1P(=O)(N1CC1C)N1CC1C.[Cu+2].[O-][Cl+](O)(O)O. The molecule has 363 valence electrons. The Bertz CT molecular complexity index is 1460. The molecule has 12 fully saturated rings. The van der Waals surface area contributed by atoms with Gasteiger partial charge >= 0.3 is 45.9 Å². The molecule has 0 amide bonds. The summed E-state index contributed by atoms with van der Waals surface area (Å²) >= 11 is 0. The van der Waals surface area contributed by atoms with E-state index in [4.69, 9.17) is 18.6 Å². The molecule has 0 aliphatic carbocycles. The molecule has 12 aliphatic rings. The first-order valence-electron chi connectivity index (χ1n) is 22.5. The summed E-state index contributed by atoms with van der Waals surface area (Å²) < 4.78 is 108. The third kappa shape index (κ3) is 10.5. The molecule has 20 nitrogen and oxygen atoms in total. The van der Waals surface area contributed by atoms with E-state index >= 15 is 0 Å². The van der Waals surface area contributed by atoms with E-state index in [2.05, 4.69) is 139 Å². The fourth-order valence-electron chi connectivity index (χ4n) is 8.81. The summed E-state index contributed by atoms with van der Waals surface area (Å²) in [7, 11) is -13.3. The molecule has 12 saturated heterocycles. The molecular weight excluding hydrogens is 951 g/mol. The van der Waals surface area contributed by atoms with Gasteiger partial charge in [0.15, 0.2) is 0 Å². The number of halogens is 1. The number of rotatable bonds is 12. The normalized spacial score (nSPS) is 54.6. The Labute approximate surface area is 383 Å². The monoisotopic (exact) mass is 1030 g/mol. The molecule has 0 aromatic heterocycles. The van der Waals surface area contributed by atoms with Gasteiger partial charge < -0.3 is 0 Å². The molecule has 62 heavy (non-hydrogen) atoms. The van der Waals surface area contributed by atoms with Gasteiger partial charge in [-0.25, -0.2) is 56.0 Å². The van der Waals surface area contributed by atoms with Crippen molar-refractivity contribution in [3.05, 3.63) is 0 Å². The summed E-state index contributed by atoms with van der Waals surface area (Å²) in [4.78, 5) is 0. The van der Waals surface area contributed by atoms with Gasteiger partial charge in [0, 0.05) is 151 Å². The minimum atomic E-state index is -4.19. The topological polar surface area (TPSA) is 188 Å². The van der Waals surface area contributed by atoms with Crippen LogP contribution in [-0.4, -0.2) is 221 Å². The Morgan fingerprint density at radius 3 is 0.387 bits per heavy atom. The van der Waals surface area contributed by atoms with Crippen molar-refractivity contribution in [2.75, 3.05) is 78.5 Å². The summed E-state index contributed by atoms with van der Waals surface area (Å²) in [5, 5.41) is 0. The van der Waals surface area contributed by atoms with Crippen molar-refractivity contribution in [3.8, 4) is 0 Å². The molecule has 1 radical (unpaired) electrons. The standard InChI is InChI=1S/4C9H18N3OP.ClH3O4.Cu/c4*1-7-4-10(7)14(13,11-5-8(11)2)12-6-9(12)3;2-1(3,4)5;/h4*7-9H,4-6H2,1-3H3;2-4H;/q;;;;;+2. The van der Waals surface area contributed by atoms with Crippen LogP contribution in [0.15, 0.2) is 0 Å². The third-order valence-corrected chi connectivity index (χ3v) is 28.7. The van der Waals surface area contributed by atoms with Crippen LogP contribution in [0.25, 0.3) is 0 Å². The van der Waals surface area contributed by atoms with Crippen molar-refractivity contribution in [2.45, 2.75) is 156 Å². The Hall–Kier alpha value is 1.09. The van der Waals surface area contributed by atoms with Crippen LogP contribution < -0.4 is 4.66 Å². The van der Waals surface area contributed by atoms with Crippen LogP contribution in [-0.2, 0) is 35.3 Å². The predicted molar refractivity (Wildman–Crippen MR) is 231 cm³/mol. The van der Waals surface area contributed by atoms with E-state index in [9.17, 15) is 18.3 Å². The average Bonchev–Trinajstić information content (AvgIpc) is 3.92. The quantitative estimate of drug-likeness (QED) is 0.146. The molecular formula is C36H75ClCuN12O8P4+2. The van der Waals surface area contributed by atoms with E-state index in [0.29, 0.717) is 72.5 Å². The van der Waals surface area contributed by atoms with Crippen LogP contribution in [0.3, 0.4) is 0 Å². The van der Waals surface area contributed by atoms with Crippen LogP contribution in [0, 0.1) is 10.2 Å². The summed E-state index contributed by atoms with van der Waals surface area (Å²) in [6, 6.07) is 6.35. The van der Waals surface area contributed by atoms with Gasteiger partial charge in [-0.2, -0.15) is 0 Å². The number of hydrogen-bond acceptors (Lipinski definition) is 8. The molecule has 3 N–H and O–H groups in total. The van der Waals surface area contributed by atoms with E-state index in [1.54, 1.807) is 0 Å². The van der Waals surface area contributed by atoms with Crippen molar-refractivity contribution in [1.29, 1.82) is 0 Å². The van der Waals surface area contributed by atoms with Gasteiger partial charge in [-0.05, 0) is 83.1 Å². The molecule has 0 aromatic carbocycles. The summed E-state index contributed by atoms with van der Waals surface area (Å²) in [6.07, 6.45) is 0. The van der Waals surface area contributed by atoms with Crippen molar-refractivity contribution in [1.82, 2.24) is 56.0 Å². The van der Waals surface area contributed by atoms with Gasteiger partial charge in [-0.15, -0.1) is 0 Å². The van der Waals surface area contributed by atoms with Gasteiger partial charge in [0.05, 0.1) is 0 Å². The minimum absolute atomic E-state index is 0. The number of nitrogens with zero attached hydrogens (tertiary/aromatic N) is 12. The fraction of sp³-hybridized carbons (Fsp3) is 1.00. The Morgan fingerprint density at radius 2 is 0.355 bits per heavy atom. The molecule has 24 unspecified atom stereocenters. The van der Waals surface area contributed by atoms with Gasteiger partial charge in [0.1, 0.15) is 0 Å². The van der Waals surface area contributed by atoms with E-state index in [1.165, 1.54) is 0 Å². The molecule has 12 heterocycles. The van der Waals surface area contributed by atoms with Crippen LogP contribution in [0.1, 0.15) is 83.1 Å². The van der Waals surface area contributed by atoms with E-state index < -0.39 is 40.6 Å². The van der Waals surface area contributed by atoms with Gasteiger partial charge in [-0.1, -0.05) is 0 Å². The average molecular weight is 1030 g/mol. The Balaban J connectivity index is 0.000000119. The maximum atomic E-state index is 12.9. The first-order valence-corrected chi connectivity index (χ1v) is 30.1. The van der Waals surface area contributed by atoms with Crippen LogP contribution in [0.4, 0.5) is 0 Å². The van der Waals surface area contributed by atoms with E-state index in [1.807, 2.05) is 0 Å². The van der Waals surface area contributed by atoms with E-state index in [0.717, 1.165) is 78.5 Å². The van der Waals surface area contributed by atoms with Crippen molar-refractivity contribution < 1.29 is 64.2 Å². The van der Waals surface area contributed by atoms with Gasteiger partial charge in [-0.3, -0.25) is 18.3 Å². The zero-order valence-corrected chi connectivity index (χ0v) is 43.9. The van der Waals surface area contributed by atoms with E-state index in [-0.39, 0.29) is 17.1 Å². The predicted octanol–water partition coefficient (Wildman–Crippen LogP) is 1.96. The maximum absolute atomic E-state index is 12.9. The van der Waals surface area contributed by atoms with Crippen LogP contribution in [0.5, 0.6) is 0 Å². The molecule has 24 atom stereocenters. The second-order valence-electron chi connectivity index (χ2n) is 20.1. The fourth-order valence-corrected chi connectivity index (χ4v) is 23.9. The summed E-state index contributed by atoms with van der Waals surface area (Å²) in [6.45, 7) is 38.2. The molecule has 0 bridgehead atoms. The first kappa shape index (κ1) is 51.0. The van der Waals surface area contributed by atoms with Gasteiger partial charge in [0.25, 0.3) is 30.4 Å². The molecule has 0 saturated carbocycles. The molecule has 26 heteroatoms. The summed E-state index contributed by atoms with van der Waals surface area (Å²) in [5.74, 6) is 0. The first-order chi connectivity index (χ1) is 28.2. The molecule has 12 aliphatic heterocycles. The van der Waals surface area contributed by atoms with Crippen molar-refractivity contribution >= 4 is 30.4 Å². The molecule has 12 rings (SSSR count).